The maximum atomic E-state index is 4.34. The van der Waals surface area contributed by atoms with Gasteiger partial charge in [-0.25, -0.2) is 4.98 Å². The van der Waals surface area contributed by atoms with Crippen molar-refractivity contribution in [2.45, 2.75) is 46.1 Å². The van der Waals surface area contributed by atoms with Gasteiger partial charge in [0.25, 0.3) is 0 Å². The molecule has 0 radical (unpaired) electrons. The highest BCUT2D eigenvalue weighted by atomic mass is 15.0. The maximum Gasteiger partial charge on any atom is 0.0951 e. The fourth-order valence-corrected chi connectivity index (χ4v) is 1.15. The average molecular weight is 166 g/mol. The first kappa shape index (κ1) is 9.30. The summed E-state index contributed by atoms with van der Waals surface area (Å²) in [4.78, 5) is 4.34. The topological polar surface area (TPSA) is 17.8 Å². The first-order valence-corrected chi connectivity index (χ1v) is 4.76. The van der Waals surface area contributed by atoms with Crippen LogP contribution in [0.25, 0.3) is 0 Å². The molecule has 0 bridgehead atoms. The van der Waals surface area contributed by atoms with Crippen LogP contribution in [0.3, 0.4) is 0 Å². The number of imidazole rings is 1. The number of rotatable bonds is 4. The molecule has 0 fully saturated rings. The van der Waals surface area contributed by atoms with Crippen LogP contribution in [0.4, 0.5) is 0 Å². The highest BCUT2D eigenvalue weighted by Gasteiger charge is 1.99. The van der Waals surface area contributed by atoms with E-state index in [-0.39, 0.29) is 0 Å². The van der Waals surface area contributed by atoms with Crippen LogP contribution in [0.2, 0.25) is 0 Å². The van der Waals surface area contributed by atoms with E-state index < -0.39 is 0 Å². The molecule has 0 aliphatic heterocycles. The molecular weight excluding hydrogens is 148 g/mol. The summed E-state index contributed by atoms with van der Waals surface area (Å²) < 4.78 is 2.16. The zero-order chi connectivity index (χ0) is 8.97. The van der Waals surface area contributed by atoms with Gasteiger partial charge in [0.15, 0.2) is 0 Å². The fourth-order valence-electron chi connectivity index (χ4n) is 1.15. The standard InChI is InChI=1S/C10H18N2/c1-4-5-6-10-7-12(8-11-10)9(2)3/h7-9H,4-6H2,1-3H3. The van der Waals surface area contributed by atoms with Crippen molar-refractivity contribution in [1.29, 1.82) is 0 Å². The lowest BCUT2D eigenvalue weighted by atomic mass is 10.2. The molecule has 1 rings (SSSR count). The van der Waals surface area contributed by atoms with Crippen molar-refractivity contribution in [3.8, 4) is 0 Å². The molecule has 0 N–H and O–H groups in total. The summed E-state index contributed by atoms with van der Waals surface area (Å²) in [6.07, 6.45) is 7.69. The van der Waals surface area contributed by atoms with Crippen molar-refractivity contribution in [2.75, 3.05) is 0 Å². The zero-order valence-corrected chi connectivity index (χ0v) is 8.25. The van der Waals surface area contributed by atoms with Crippen molar-refractivity contribution in [3.05, 3.63) is 18.2 Å². The third-order valence-electron chi connectivity index (χ3n) is 2.04. The third kappa shape index (κ3) is 2.36. The normalized spacial score (nSPS) is 11.0. The Morgan fingerprint density at radius 1 is 1.50 bits per heavy atom. The summed E-state index contributed by atoms with van der Waals surface area (Å²) in [5.41, 5.74) is 1.23. The molecular formula is C10H18N2. The van der Waals surface area contributed by atoms with Crippen molar-refractivity contribution >= 4 is 0 Å². The zero-order valence-electron chi connectivity index (χ0n) is 8.25. The molecule has 0 saturated heterocycles. The molecule has 0 aliphatic carbocycles. The Kier molecular flexibility index (Phi) is 3.32. The fraction of sp³-hybridized carbons (Fsp3) is 0.700. The predicted molar refractivity (Wildman–Crippen MR) is 51.2 cm³/mol. The second-order valence-electron chi connectivity index (χ2n) is 3.51. The number of aromatic nitrogens is 2. The highest BCUT2D eigenvalue weighted by molar-refractivity contribution is 4.97. The summed E-state index contributed by atoms with van der Waals surface area (Å²) in [5, 5.41) is 0. The van der Waals surface area contributed by atoms with Gasteiger partial charge in [-0.15, -0.1) is 0 Å². The monoisotopic (exact) mass is 166 g/mol. The first-order chi connectivity index (χ1) is 5.74. The van der Waals surface area contributed by atoms with Crippen molar-refractivity contribution < 1.29 is 0 Å². The van der Waals surface area contributed by atoms with E-state index in [0.29, 0.717) is 6.04 Å². The van der Waals surface area contributed by atoms with Crippen LogP contribution in [0.15, 0.2) is 12.5 Å². The Morgan fingerprint density at radius 3 is 2.75 bits per heavy atom. The number of hydrogen-bond acceptors (Lipinski definition) is 1. The Labute approximate surface area is 74.6 Å². The first-order valence-electron chi connectivity index (χ1n) is 4.76. The molecule has 0 amide bonds. The molecule has 12 heavy (non-hydrogen) atoms. The third-order valence-corrected chi connectivity index (χ3v) is 2.04. The molecule has 1 aromatic rings. The van der Waals surface area contributed by atoms with E-state index >= 15 is 0 Å². The summed E-state index contributed by atoms with van der Waals surface area (Å²) >= 11 is 0. The summed E-state index contributed by atoms with van der Waals surface area (Å²) in [6, 6.07) is 0.535. The van der Waals surface area contributed by atoms with E-state index in [1.165, 1.54) is 18.5 Å². The van der Waals surface area contributed by atoms with E-state index in [9.17, 15) is 0 Å². The molecule has 1 heterocycles. The summed E-state index contributed by atoms with van der Waals surface area (Å²) in [6.45, 7) is 6.55. The lowest BCUT2D eigenvalue weighted by Gasteiger charge is -2.03. The van der Waals surface area contributed by atoms with Crippen LogP contribution in [0.1, 0.15) is 45.3 Å². The van der Waals surface area contributed by atoms with Gasteiger partial charge in [-0.1, -0.05) is 13.3 Å². The van der Waals surface area contributed by atoms with Gasteiger partial charge >= 0.3 is 0 Å². The van der Waals surface area contributed by atoms with Crippen LogP contribution < -0.4 is 0 Å². The van der Waals surface area contributed by atoms with E-state index in [4.69, 9.17) is 0 Å². The molecule has 2 heteroatoms. The molecule has 0 saturated carbocycles. The number of aryl methyl sites for hydroxylation is 1. The molecule has 0 unspecified atom stereocenters. The minimum absolute atomic E-state index is 0.535. The van der Waals surface area contributed by atoms with E-state index in [1.807, 2.05) is 6.33 Å². The SMILES string of the molecule is CCCCc1cn(C(C)C)cn1. The van der Waals surface area contributed by atoms with Gasteiger partial charge in [-0.3, -0.25) is 0 Å². The van der Waals surface area contributed by atoms with Gasteiger partial charge in [0, 0.05) is 12.2 Å². The van der Waals surface area contributed by atoms with Crippen LogP contribution >= 0.6 is 0 Å². The Balaban J connectivity index is 2.52. The molecule has 0 atom stereocenters. The molecule has 68 valence electrons. The molecule has 2 nitrogen and oxygen atoms in total. The minimum atomic E-state index is 0.535. The Morgan fingerprint density at radius 2 is 2.25 bits per heavy atom. The van der Waals surface area contributed by atoms with Gasteiger partial charge in [0.1, 0.15) is 0 Å². The van der Waals surface area contributed by atoms with E-state index in [0.717, 1.165) is 6.42 Å². The number of unbranched alkanes of at least 4 members (excludes halogenated alkanes) is 1. The van der Waals surface area contributed by atoms with E-state index in [2.05, 4.69) is 36.5 Å². The number of hydrogen-bond donors (Lipinski definition) is 0. The van der Waals surface area contributed by atoms with Gasteiger partial charge in [-0.05, 0) is 26.7 Å². The average Bonchev–Trinajstić information content (AvgIpc) is 2.48. The lowest BCUT2D eigenvalue weighted by molar-refractivity contribution is 0.598. The number of nitrogens with zero attached hydrogens (tertiary/aromatic N) is 2. The summed E-state index contributed by atoms with van der Waals surface area (Å²) in [5.74, 6) is 0. The molecule has 0 aromatic carbocycles. The second kappa shape index (κ2) is 4.29. The minimum Gasteiger partial charge on any atom is -0.335 e. The van der Waals surface area contributed by atoms with E-state index in [1.54, 1.807) is 0 Å². The summed E-state index contributed by atoms with van der Waals surface area (Å²) in [7, 11) is 0. The van der Waals surface area contributed by atoms with Crippen LogP contribution in [0, 0.1) is 0 Å². The van der Waals surface area contributed by atoms with Crippen LogP contribution in [0.5, 0.6) is 0 Å². The molecule has 1 aromatic heterocycles. The molecule has 0 aliphatic rings. The highest BCUT2D eigenvalue weighted by Crippen LogP contribution is 2.07. The van der Waals surface area contributed by atoms with Crippen LogP contribution in [-0.4, -0.2) is 9.55 Å². The van der Waals surface area contributed by atoms with Gasteiger partial charge in [0.2, 0.25) is 0 Å². The second-order valence-corrected chi connectivity index (χ2v) is 3.51. The maximum absolute atomic E-state index is 4.34. The van der Waals surface area contributed by atoms with Gasteiger partial charge in [-0.2, -0.15) is 0 Å². The van der Waals surface area contributed by atoms with Crippen molar-refractivity contribution in [2.24, 2.45) is 0 Å². The van der Waals surface area contributed by atoms with Crippen LogP contribution in [-0.2, 0) is 6.42 Å². The van der Waals surface area contributed by atoms with Gasteiger partial charge in [0.05, 0.1) is 12.0 Å². The van der Waals surface area contributed by atoms with Gasteiger partial charge < -0.3 is 4.57 Å². The largest absolute Gasteiger partial charge is 0.335 e. The predicted octanol–water partition coefficient (Wildman–Crippen LogP) is 2.81. The van der Waals surface area contributed by atoms with Crippen molar-refractivity contribution in [3.63, 3.8) is 0 Å². The smallest absolute Gasteiger partial charge is 0.0951 e. The quantitative estimate of drug-likeness (QED) is 0.672. The Bertz CT molecular complexity index is 225. The Hall–Kier alpha value is -0.790. The van der Waals surface area contributed by atoms with Crippen molar-refractivity contribution in [1.82, 2.24) is 9.55 Å². The lowest BCUT2D eigenvalue weighted by Crippen LogP contribution is -1.95. The molecule has 0 spiro atoms.